The number of carbonyl (C=O) groups is 2. The Labute approximate surface area is 150 Å². The maximum atomic E-state index is 13.4. The number of hydrogen-bond acceptors (Lipinski definition) is 5. The van der Waals surface area contributed by atoms with Crippen LogP contribution in [0.25, 0.3) is 0 Å². The van der Waals surface area contributed by atoms with Gasteiger partial charge in [0.15, 0.2) is 0 Å². The van der Waals surface area contributed by atoms with Gasteiger partial charge in [-0.3, -0.25) is 9.59 Å². The highest BCUT2D eigenvalue weighted by molar-refractivity contribution is 5.77. The average Bonchev–Trinajstić information content (AvgIpc) is 2.59. The van der Waals surface area contributed by atoms with E-state index in [2.05, 4.69) is 10.6 Å². The van der Waals surface area contributed by atoms with Crippen molar-refractivity contribution in [2.24, 2.45) is 0 Å². The highest BCUT2D eigenvalue weighted by atomic mass is 19.1. The van der Waals surface area contributed by atoms with E-state index in [4.69, 9.17) is 14.2 Å². The second kappa shape index (κ2) is 16.2. The number of halogens is 1. The molecule has 0 bridgehead atoms. The summed E-state index contributed by atoms with van der Waals surface area (Å²) in [4.78, 5) is 22.3. The Morgan fingerprint density at radius 2 is 1.68 bits per heavy atom. The third kappa shape index (κ3) is 17.4. The summed E-state index contributed by atoms with van der Waals surface area (Å²) in [5, 5.41) is 5.22. The maximum Gasteiger partial charge on any atom is 0.246 e. The maximum absolute atomic E-state index is 13.4. The first-order chi connectivity index (χ1) is 12.0. The van der Waals surface area contributed by atoms with E-state index >= 15 is 0 Å². The molecule has 8 heteroatoms. The molecule has 0 aliphatic rings. The second-order valence-corrected chi connectivity index (χ2v) is 5.86. The molecule has 0 radical (unpaired) electrons. The van der Waals surface area contributed by atoms with E-state index in [1.54, 1.807) is 6.92 Å². The molecule has 0 fully saturated rings. The normalized spacial score (nSPS) is 12.2. The molecule has 1 unspecified atom stereocenters. The Morgan fingerprint density at radius 3 is 2.36 bits per heavy atom. The number of carbonyl (C=O) groups excluding carboxylic acids is 2. The van der Waals surface area contributed by atoms with Crippen molar-refractivity contribution in [1.82, 2.24) is 10.6 Å². The van der Waals surface area contributed by atoms with Crippen LogP contribution in [0.1, 0.15) is 40.0 Å². The van der Waals surface area contributed by atoms with Crippen LogP contribution in [0.3, 0.4) is 0 Å². The predicted molar refractivity (Wildman–Crippen MR) is 93.2 cm³/mol. The first kappa shape index (κ1) is 23.8. The predicted octanol–water partition coefficient (Wildman–Crippen LogP) is 1.21. The number of nitrogens with one attached hydrogen (secondary N) is 2. The van der Waals surface area contributed by atoms with Crippen molar-refractivity contribution in [3.05, 3.63) is 0 Å². The van der Waals surface area contributed by atoms with Crippen LogP contribution in [0.4, 0.5) is 4.39 Å². The zero-order valence-corrected chi connectivity index (χ0v) is 15.6. The van der Waals surface area contributed by atoms with E-state index in [1.165, 1.54) is 0 Å². The Bertz CT molecular complexity index is 356. The lowest BCUT2D eigenvalue weighted by molar-refractivity contribution is -0.127. The number of hydrogen-bond donors (Lipinski definition) is 2. The lowest BCUT2D eigenvalue weighted by Gasteiger charge is -2.10. The van der Waals surface area contributed by atoms with Crippen LogP contribution in [0, 0.1) is 0 Å². The van der Waals surface area contributed by atoms with Crippen LogP contribution < -0.4 is 10.6 Å². The van der Waals surface area contributed by atoms with Crippen molar-refractivity contribution in [3.63, 3.8) is 0 Å². The molecular formula is C17H33FN2O5. The third-order valence-electron chi connectivity index (χ3n) is 3.05. The fraction of sp³-hybridized carbons (Fsp3) is 0.882. The summed E-state index contributed by atoms with van der Waals surface area (Å²) >= 11 is 0. The smallest absolute Gasteiger partial charge is 0.246 e. The van der Waals surface area contributed by atoms with Crippen molar-refractivity contribution >= 4 is 11.8 Å². The van der Waals surface area contributed by atoms with Crippen molar-refractivity contribution in [2.75, 3.05) is 46.1 Å². The minimum Gasteiger partial charge on any atom is -0.381 e. The average molecular weight is 364 g/mol. The molecule has 0 aromatic carbocycles. The molecular weight excluding hydrogens is 331 g/mol. The number of ether oxygens (including phenoxy) is 3. The van der Waals surface area contributed by atoms with Gasteiger partial charge in [-0.15, -0.1) is 0 Å². The SMILES string of the molecule is CCC(=O)NCC(F)COCCCOCCCNC(=O)COC(C)C. The monoisotopic (exact) mass is 364 g/mol. The van der Waals surface area contributed by atoms with Crippen LogP contribution in [-0.4, -0.2) is 70.2 Å². The first-order valence-electron chi connectivity index (χ1n) is 8.90. The second-order valence-electron chi connectivity index (χ2n) is 5.86. The summed E-state index contributed by atoms with van der Waals surface area (Å²) < 4.78 is 29.1. The molecule has 0 saturated heterocycles. The van der Waals surface area contributed by atoms with Crippen LogP contribution in [0.15, 0.2) is 0 Å². The quantitative estimate of drug-likeness (QED) is 0.402. The van der Waals surface area contributed by atoms with Gasteiger partial charge in [-0.25, -0.2) is 4.39 Å². The molecule has 0 aliphatic heterocycles. The topological polar surface area (TPSA) is 85.9 Å². The Hall–Kier alpha value is -1.25. The molecule has 2 amide bonds. The van der Waals surface area contributed by atoms with Gasteiger partial charge in [0, 0.05) is 32.8 Å². The highest BCUT2D eigenvalue weighted by Crippen LogP contribution is 1.94. The molecule has 2 N–H and O–H groups in total. The van der Waals surface area contributed by atoms with Gasteiger partial charge in [-0.05, 0) is 26.7 Å². The fourth-order valence-electron chi connectivity index (χ4n) is 1.68. The Balaban J connectivity index is 3.28. The fourth-order valence-corrected chi connectivity index (χ4v) is 1.68. The zero-order chi connectivity index (χ0) is 18.9. The molecule has 25 heavy (non-hydrogen) atoms. The molecule has 0 saturated carbocycles. The van der Waals surface area contributed by atoms with E-state index < -0.39 is 6.17 Å². The lowest BCUT2D eigenvalue weighted by atomic mass is 10.3. The van der Waals surface area contributed by atoms with E-state index in [-0.39, 0.29) is 37.7 Å². The standard InChI is InChI=1S/C17H33FN2O5/c1-4-16(21)20-11-15(18)12-24-10-6-9-23-8-5-7-19-17(22)13-25-14(2)3/h14-15H,4-13H2,1-3H3,(H,19,22)(H,20,21). The summed E-state index contributed by atoms with van der Waals surface area (Å²) in [7, 11) is 0. The van der Waals surface area contributed by atoms with Crippen molar-refractivity contribution in [2.45, 2.75) is 52.3 Å². The van der Waals surface area contributed by atoms with Crippen LogP contribution in [0.2, 0.25) is 0 Å². The van der Waals surface area contributed by atoms with E-state index in [0.29, 0.717) is 39.2 Å². The van der Waals surface area contributed by atoms with Gasteiger partial charge in [0.1, 0.15) is 12.8 Å². The third-order valence-corrected chi connectivity index (χ3v) is 3.05. The van der Waals surface area contributed by atoms with Gasteiger partial charge in [0.2, 0.25) is 11.8 Å². The first-order valence-corrected chi connectivity index (χ1v) is 8.90. The van der Waals surface area contributed by atoms with Gasteiger partial charge in [0.05, 0.1) is 19.3 Å². The summed E-state index contributed by atoms with van der Waals surface area (Å²) in [6, 6.07) is 0. The molecule has 0 aromatic heterocycles. The van der Waals surface area contributed by atoms with Crippen molar-refractivity contribution < 1.29 is 28.2 Å². The van der Waals surface area contributed by atoms with Gasteiger partial charge < -0.3 is 24.8 Å². The lowest BCUT2D eigenvalue weighted by Crippen LogP contribution is -2.31. The zero-order valence-electron chi connectivity index (χ0n) is 15.6. The minimum atomic E-state index is -1.19. The number of rotatable bonds is 16. The molecule has 7 nitrogen and oxygen atoms in total. The Kier molecular flexibility index (Phi) is 15.4. The summed E-state index contributed by atoms with van der Waals surface area (Å²) in [5.74, 6) is -0.294. The van der Waals surface area contributed by atoms with Gasteiger partial charge in [0.25, 0.3) is 0 Å². The summed E-state index contributed by atoms with van der Waals surface area (Å²) in [5.41, 5.74) is 0. The Morgan fingerprint density at radius 1 is 1.00 bits per heavy atom. The molecule has 0 aromatic rings. The summed E-state index contributed by atoms with van der Waals surface area (Å²) in [6.45, 7) is 7.52. The van der Waals surface area contributed by atoms with Crippen molar-refractivity contribution in [1.29, 1.82) is 0 Å². The number of alkyl halides is 1. The molecule has 0 rings (SSSR count). The van der Waals surface area contributed by atoms with Gasteiger partial charge in [-0.2, -0.15) is 0 Å². The van der Waals surface area contributed by atoms with Crippen LogP contribution in [-0.2, 0) is 23.8 Å². The molecule has 0 spiro atoms. The minimum absolute atomic E-state index is 0.0168. The van der Waals surface area contributed by atoms with E-state index in [0.717, 1.165) is 6.42 Å². The molecule has 1 atom stereocenters. The van der Waals surface area contributed by atoms with E-state index in [1.807, 2.05) is 13.8 Å². The van der Waals surface area contributed by atoms with Gasteiger partial charge >= 0.3 is 0 Å². The van der Waals surface area contributed by atoms with Crippen LogP contribution >= 0.6 is 0 Å². The molecule has 0 aliphatic carbocycles. The van der Waals surface area contributed by atoms with Gasteiger partial charge in [-0.1, -0.05) is 6.92 Å². The van der Waals surface area contributed by atoms with Crippen molar-refractivity contribution in [3.8, 4) is 0 Å². The number of amides is 2. The molecule has 0 heterocycles. The molecule has 148 valence electrons. The van der Waals surface area contributed by atoms with E-state index in [9.17, 15) is 14.0 Å². The summed E-state index contributed by atoms with van der Waals surface area (Å²) in [6.07, 6.45) is 0.583. The largest absolute Gasteiger partial charge is 0.381 e. The van der Waals surface area contributed by atoms with Crippen LogP contribution in [0.5, 0.6) is 0 Å². The highest BCUT2D eigenvalue weighted by Gasteiger charge is 2.07.